The maximum atomic E-state index is 5.87. The Hall–Kier alpha value is -0.900. The Kier molecular flexibility index (Phi) is 3.28. The lowest BCUT2D eigenvalue weighted by Crippen LogP contribution is -2.19. The van der Waals surface area contributed by atoms with Gasteiger partial charge in [-0.15, -0.1) is 10.2 Å². The van der Waals surface area contributed by atoms with Gasteiger partial charge in [-0.3, -0.25) is 0 Å². The molecule has 1 heterocycles. The zero-order chi connectivity index (χ0) is 11.7. The van der Waals surface area contributed by atoms with Crippen molar-refractivity contribution in [1.29, 1.82) is 0 Å². The quantitative estimate of drug-likeness (QED) is 0.829. The average Bonchev–Trinajstić information content (AvgIpc) is 2.99. The molecule has 1 fully saturated rings. The molecule has 1 saturated carbocycles. The molecule has 1 unspecified atom stereocenters. The third-order valence-electron chi connectivity index (χ3n) is 3.21. The van der Waals surface area contributed by atoms with Crippen LogP contribution in [-0.4, -0.2) is 21.3 Å². The van der Waals surface area contributed by atoms with E-state index in [1.54, 1.807) is 0 Å². The van der Waals surface area contributed by atoms with Gasteiger partial charge in [0.15, 0.2) is 0 Å². The van der Waals surface area contributed by atoms with Crippen LogP contribution in [0.15, 0.2) is 0 Å². The molecule has 0 saturated heterocycles. The predicted octanol–water partition coefficient (Wildman–Crippen LogP) is 2.01. The van der Waals surface area contributed by atoms with Gasteiger partial charge in [0.25, 0.3) is 0 Å². The Labute approximate surface area is 97.2 Å². The third kappa shape index (κ3) is 2.26. The van der Waals surface area contributed by atoms with Crippen molar-refractivity contribution in [3.63, 3.8) is 0 Å². The summed E-state index contributed by atoms with van der Waals surface area (Å²) in [5, 5.41) is 8.55. The number of hydrogen-bond donors (Lipinski definition) is 1. The number of nitrogens with zero attached hydrogens (tertiary/aromatic N) is 3. The zero-order valence-corrected chi connectivity index (χ0v) is 10.5. The van der Waals surface area contributed by atoms with Gasteiger partial charge in [-0.2, -0.15) is 0 Å². The van der Waals surface area contributed by atoms with Gasteiger partial charge in [-0.05, 0) is 32.1 Å². The summed E-state index contributed by atoms with van der Waals surface area (Å²) >= 11 is 0. The molecule has 90 valence electrons. The van der Waals surface area contributed by atoms with Crippen molar-refractivity contribution in [2.75, 3.05) is 6.54 Å². The second-order valence-electron chi connectivity index (χ2n) is 5.27. The van der Waals surface area contributed by atoms with Crippen molar-refractivity contribution in [3.8, 4) is 0 Å². The summed E-state index contributed by atoms with van der Waals surface area (Å²) in [5.74, 6) is 3.16. The van der Waals surface area contributed by atoms with Gasteiger partial charge in [-0.25, -0.2) is 0 Å². The minimum atomic E-state index is 0.363. The van der Waals surface area contributed by atoms with Gasteiger partial charge in [0, 0.05) is 18.5 Å². The van der Waals surface area contributed by atoms with E-state index in [0.29, 0.717) is 24.4 Å². The van der Waals surface area contributed by atoms with Crippen LogP contribution in [0.2, 0.25) is 0 Å². The maximum absolute atomic E-state index is 5.87. The van der Waals surface area contributed by atoms with E-state index in [1.807, 2.05) is 6.92 Å². The molecular formula is C12H22N4. The highest BCUT2D eigenvalue weighted by atomic mass is 15.3. The van der Waals surface area contributed by atoms with Gasteiger partial charge in [0.05, 0.1) is 0 Å². The number of aryl methyl sites for hydroxylation is 1. The molecule has 1 aromatic rings. The monoisotopic (exact) mass is 222 g/mol. The van der Waals surface area contributed by atoms with E-state index in [9.17, 15) is 0 Å². The SMILES string of the molecule is Cc1nnc(C(CN)CC(C)C)n1C1CC1. The minimum Gasteiger partial charge on any atom is -0.330 e. The van der Waals surface area contributed by atoms with E-state index >= 15 is 0 Å². The lowest BCUT2D eigenvalue weighted by molar-refractivity contribution is 0.468. The highest BCUT2D eigenvalue weighted by molar-refractivity contribution is 5.07. The average molecular weight is 222 g/mol. The largest absolute Gasteiger partial charge is 0.330 e. The van der Waals surface area contributed by atoms with E-state index in [2.05, 4.69) is 28.6 Å². The van der Waals surface area contributed by atoms with Crippen LogP contribution in [0, 0.1) is 12.8 Å². The molecular weight excluding hydrogens is 200 g/mol. The number of nitrogens with two attached hydrogens (primary N) is 1. The molecule has 2 rings (SSSR count). The van der Waals surface area contributed by atoms with Crippen LogP contribution in [0.3, 0.4) is 0 Å². The molecule has 1 aromatic heterocycles. The van der Waals surface area contributed by atoms with Crippen molar-refractivity contribution in [3.05, 3.63) is 11.6 Å². The van der Waals surface area contributed by atoms with Crippen LogP contribution in [0.5, 0.6) is 0 Å². The van der Waals surface area contributed by atoms with Gasteiger partial charge >= 0.3 is 0 Å². The first kappa shape index (κ1) is 11.6. The lowest BCUT2D eigenvalue weighted by atomic mass is 9.96. The molecule has 0 amide bonds. The Morgan fingerprint density at radius 2 is 2.06 bits per heavy atom. The molecule has 1 aliphatic carbocycles. The van der Waals surface area contributed by atoms with Gasteiger partial charge in [0.1, 0.15) is 11.6 Å². The fraction of sp³-hybridized carbons (Fsp3) is 0.833. The van der Waals surface area contributed by atoms with Crippen LogP contribution in [0.25, 0.3) is 0 Å². The first-order valence-electron chi connectivity index (χ1n) is 6.25. The van der Waals surface area contributed by atoms with Crippen molar-refractivity contribution in [2.45, 2.75) is 52.0 Å². The molecule has 1 atom stereocenters. The van der Waals surface area contributed by atoms with E-state index in [-0.39, 0.29) is 0 Å². The summed E-state index contributed by atoms with van der Waals surface area (Å²) in [6, 6.07) is 0.645. The second-order valence-corrected chi connectivity index (χ2v) is 5.27. The van der Waals surface area contributed by atoms with Gasteiger partial charge in [0.2, 0.25) is 0 Å². The van der Waals surface area contributed by atoms with Crippen molar-refractivity contribution < 1.29 is 0 Å². The minimum absolute atomic E-state index is 0.363. The van der Waals surface area contributed by atoms with E-state index in [4.69, 9.17) is 5.73 Å². The van der Waals surface area contributed by atoms with Gasteiger partial charge < -0.3 is 10.3 Å². The van der Waals surface area contributed by atoms with Crippen LogP contribution in [0.1, 0.15) is 56.7 Å². The molecule has 4 nitrogen and oxygen atoms in total. The smallest absolute Gasteiger partial charge is 0.137 e. The molecule has 0 bridgehead atoms. The molecule has 0 radical (unpaired) electrons. The van der Waals surface area contributed by atoms with Crippen LogP contribution < -0.4 is 5.73 Å². The number of rotatable bonds is 5. The molecule has 0 spiro atoms. The fourth-order valence-electron chi connectivity index (χ4n) is 2.32. The first-order chi connectivity index (χ1) is 7.63. The third-order valence-corrected chi connectivity index (χ3v) is 3.21. The predicted molar refractivity (Wildman–Crippen MR) is 64.3 cm³/mol. The Bertz CT molecular complexity index is 352. The summed E-state index contributed by atoms with van der Waals surface area (Å²) in [4.78, 5) is 0. The van der Waals surface area contributed by atoms with Crippen molar-refractivity contribution in [2.24, 2.45) is 11.7 Å². The van der Waals surface area contributed by atoms with Crippen molar-refractivity contribution in [1.82, 2.24) is 14.8 Å². The van der Waals surface area contributed by atoms with Gasteiger partial charge in [-0.1, -0.05) is 13.8 Å². The highest BCUT2D eigenvalue weighted by Gasteiger charge is 2.30. The maximum Gasteiger partial charge on any atom is 0.137 e. The van der Waals surface area contributed by atoms with Crippen molar-refractivity contribution >= 4 is 0 Å². The first-order valence-corrected chi connectivity index (χ1v) is 6.25. The number of aromatic nitrogens is 3. The fourth-order valence-corrected chi connectivity index (χ4v) is 2.32. The normalized spacial score (nSPS) is 18.1. The Balaban J connectivity index is 2.23. The summed E-state index contributed by atoms with van der Waals surface area (Å²) in [5.41, 5.74) is 5.87. The Morgan fingerprint density at radius 3 is 2.56 bits per heavy atom. The second kappa shape index (κ2) is 4.53. The number of hydrogen-bond acceptors (Lipinski definition) is 3. The van der Waals surface area contributed by atoms with Crippen LogP contribution in [-0.2, 0) is 0 Å². The Morgan fingerprint density at radius 1 is 1.38 bits per heavy atom. The van der Waals surface area contributed by atoms with E-state index in [1.165, 1.54) is 12.8 Å². The standard InChI is InChI=1S/C12H22N4/c1-8(2)6-10(7-13)12-15-14-9(3)16(12)11-4-5-11/h8,10-11H,4-7,13H2,1-3H3. The molecule has 1 aliphatic rings. The molecule has 2 N–H and O–H groups in total. The molecule has 0 aliphatic heterocycles. The summed E-state index contributed by atoms with van der Waals surface area (Å²) in [6.45, 7) is 7.17. The molecule has 16 heavy (non-hydrogen) atoms. The summed E-state index contributed by atoms with van der Waals surface area (Å²) in [6.07, 6.45) is 3.64. The van der Waals surface area contributed by atoms with E-state index in [0.717, 1.165) is 18.1 Å². The van der Waals surface area contributed by atoms with E-state index < -0.39 is 0 Å². The molecule has 0 aromatic carbocycles. The van der Waals surface area contributed by atoms with Crippen LogP contribution >= 0.6 is 0 Å². The summed E-state index contributed by atoms with van der Waals surface area (Å²) < 4.78 is 2.31. The highest BCUT2D eigenvalue weighted by Crippen LogP contribution is 2.38. The zero-order valence-electron chi connectivity index (χ0n) is 10.5. The summed E-state index contributed by atoms with van der Waals surface area (Å²) in [7, 11) is 0. The molecule has 4 heteroatoms. The van der Waals surface area contributed by atoms with Crippen LogP contribution in [0.4, 0.5) is 0 Å². The lowest BCUT2D eigenvalue weighted by Gasteiger charge is -2.17. The topological polar surface area (TPSA) is 56.7 Å².